The van der Waals surface area contributed by atoms with Crippen LogP contribution in [0, 0.1) is 0 Å². The highest BCUT2D eigenvalue weighted by Gasteiger charge is 2.10. The van der Waals surface area contributed by atoms with Crippen LogP contribution in [0.15, 0.2) is 71.6 Å². The summed E-state index contributed by atoms with van der Waals surface area (Å²) in [4.78, 5) is 17.9. The predicted molar refractivity (Wildman–Crippen MR) is 102 cm³/mol. The number of nitrogens with one attached hydrogen (secondary N) is 1. The van der Waals surface area contributed by atoms with E-state index in [4.69, 9.17) is 4.98 Å². The average molecular weight is 392 g/mol. The first-order valence-electron chi connectivity index (χ1n) is 7.81. The van der Waals surface area contributed by atoms with Gasteiger partial charge in [-0.25, -0.2) is 9.97 Å². The summed E-state index contributed by atoms with van der Waals surface area (Å²) in [6, 6.07) is 15.7. The van der Waals surface area contributed by atoms with E-state index >= 15 is 0 Å². The predicted octanol–water partition coefficient (Wildman–Crippen LogP) is 4.46. The molecule has 1 N–H and O–H groups in total. The molecule has 0 radical (unpaired) electrons. The molecular weight excluding hydrogens is 378 g/mol. The number of halogens is 1. The molecule has 3 aromatic heterocycles. The maximum Gasteiger partial charge on any atom is 0.163 e. The van der Waals surface area contributed by atoms with Crippen molar-refractivity contribution in [3.05, 3.63) is 77.3 Å². The van der Waals surface area contributed by atoms with E-state index in [2.05, 4.69) is 36.2 Å². The van der Waals surface area contributed by atoms with Crippen LogP contribution in [-0.2, 0) is 6.54 Å². The van der Waals surface area contributed by atoms with Crippen LogP contribution in [0.25, 0.3) is 22.3 Å². The minimum atomic E-state index is 0.589. The highest BCUT2D eigenvalue weighted by molar-refractivity contribution is 9.10. The molecule has 1 aromatic carbocycles. The molecule has 4 aromatic rings. The number of benzene rings is 1. The van der Waals surface area contributed by atoms with Crippen molar-refractivity contribution in [2.45, 2.75) is 6.54 Å². The average Bonchev–Trinajstić information content (AvgIpc) is 2.67. The van der Waals surface area contributed by atoms with E-state index in [9.17, 15) is 0 Å². The standard InChI is InChI=1S/C19H14BrN5/c20-14-6-7-17-16(10-14)19(23-12-15-5-1-2-9-22-15)25-18(24-17)13-4-3-8-21-11-13/h1-11H,12H2,(H,23,24,25). The van der Waals surface area contributed by atoms with Crippen LogP contribution in [0.1, 0.15) is 5.69 Å². The Morgan fingerprint density at radius 2 is 1.92 bits per heavy atom. The van der Waals surface area contributed by atoms with Crippen LogP contribution in [-0.4, -0.2) is 19.9 Å². The maximum absolute atomic E-state index is 4.72. The molecule has 0 aliphatic rings. The lowest BCUT2D eigenvalue weighted by Crippen LogP contribution is -2.05. The maximum atomic E-state index is 4.72. The van der Waals surface area contributed by atoms with Crippen molar-refractivity contribution in [3.8, 4) is 11.4 Å². The summed E-state index contributed by atoms with van der Waals surface area (Å²) < 4.78 is 0.985. The smallest absolute Gasteiger partial charge is 0.163 e. The Balaban J connectivity index is 1.78. The van der Waals surface area contributed by atoms with Gasteiger partial charge >= 0.3 is 0 Å². The van der Waals surface area contributed by atoms with Gasteiger partial charge in [-0.3, -0.25) is 9.97 Å². The van der Waals surface area contributed by atoms with E-state index in [1.54, 1.807) is 18.6 Å². The topological polar surface area (TPSA) is 63.6 Å². The first-order chi connectivity index (χ1) is 12.3. The van der Waals surface area contributed by atoms with E-state index < -0.39 is 0 Å². The molecule has 4 rings (SSSR count). The first-order valence-corrected chi connectivity index (χ1v) is 8.60. The fraction of sp³-hybridized carbons (Fsp3) is 0.0526. The molecule has 122 valence electrons. The Bertz CT molecular complexity index is 1010. The molecule has 0 amide bonds. The summed E-state index contributed by atoms with van der Waals surface area (Å²) in [5, 5.41) is 4.34. The van der Waals surface area contributed by atoms with Gasteiger partial charge in [0.2, 0.25) is 0 Å². The normalized spacial score (nSPS) is 10.8. The zero-order valence-electron chi connectivity index (χ0n) is 13.2. The molecule has 0 bridgehead atoms. The van der Waals surface area contributed by atoms with E-state index in [0.29, 0.717) is 12.4 Å². The number of rotatable bonds is 4. The fourth-order valence-corrected chi connectivity index (χ4v) is 2.90. The summed E-state index contributed by atoms with van der Waals surface area (Å²) in [6.07, 6.45) is 5.29. The van der Waals surface area contributed by atoms with E-state index in [-0.39, 0.29) is 0 Å². The quantitative estimate of drug-likeness (QED) is 0.556. The van der Waals surface area contributed by atoms with Gasteiger partial charge in [0.15, 0.2) is 5.82 Å². The second-order valence-corrected chi connectivity index (χ2v) is 6.39. The summed E-state index contributed by atoms with van der Waals surface area (Å²) in [5.41, 5.74) is 2.71. The number of pyridine rings is 2. The van der Waals surface area contributed by atoms with Crippen LogP contribution in [0.4, 0.5) is 5.82 Å². The Kier molecular flexibility index (Phi) is 4.35. The Labute approximate surface area is 153 Å². The largest absolute Gasteiger partial charge is 0.364 e. The molecule has 0 aliphatic heterocycles. The summed E-state index contributed by atoms with van der Waals surface area (Å²) in [6.45, 7) is 0.589. The molecule has 25 heavy (non-hydrogen) atoms. The van der Waals surface area contributed by atoms with Gasteiger partial charge in [-0.1, -0.05) is 22.0 Å². The lowest BCUT2D eigenvalue weighted by molar-refractivity contribution is 1.03. The van der Waals surface area contributed by atoms with Crippen LogP contribution < -0.4 is 5.32 Å². The molecule has 6 heteroatoms. The molecular formula is C19H14BrN5. The minimum Gasteiger partial charge on any atom is -0.364 e. The van der Waals surface area contributed by atoms with Gasteiger partial charge in [0, 0.05) is 34.0 Å². The summed E-state index contributed by atoms with van der Waals surface area (Å²) >= 11 is 3.52. The number of aromatic nitrogens is 4. The van der Waals surface area contributed by atoms with Crippen molar-refractivity contribution in [3.63, 3.8) is 0 Å². The molecule has 0 aliphatic carbocycles. The third-order valence-electron chi connectivity index (χ3n) is 3.74. The summed E-state index contributed by atoms with van der Waals surface area (Å²) in [5.74, 6) is 1.42. The number of fused-ring (bicyclic) bond motifs is 1. The van der Waals surface area contributed by atoms with Crippen molar-refractivity contribution >= 4 is 32.7 Å². The summed E-state index contributed by atoms with van der Waals surface area (Å²) in [7, 11) is 0. The van der Waals surface area contributed by atoms with Crippen molar-refractivity contribution in [2.24, 2.45) is 0 Å². The van der Waals surface area contributed by atoms with Crippen LogP contribution in [0.5, 0.6) is 0 Å². The number of hydrogen-bond donors (Lipinski definition) is 1. The van der Waals surface area contributed by atoms with Crippen LogP contribution in [0.3, 0.4) is 0 Å². The molecule has 0 saturated carbocycles. The van der Waals surface area contributed by atoms with Gasteiger partial charge in [0.25, 0.3) is 0 Å². The number of nitrogens with zero attached hydrogens (tertiary/aromatic N) is 4. The van der Waals surface area contributed by atoms with Crippen LogP contribution in [0.2, 0.25) is 0 Å². The van der Waals surface area contributed by atoms with Gasteiger partial charge in [-0.2, -0.15) is 0 Å². The van der Waals surface area contributed by atoms with Gasteiger partial charge in [0.1, 0.15) is 5.82 Å². The van der Waals surface area contributed by atoms with Crippen molar-refractivity contribution < 1.29 is 0 Å². The third kappa shape index (κ3) is 3.49. The van der Waals surface area contributed by atoms with E-state index in [1.165, 1.54) is 0 Å². The Morgan fingerprint density at radius 1 is 0.960 bits per heavy atom. The highest BCUT2D eigenvalue weighted by atomic mass is 79.9. The Morgan fingerprint density at radius 3 is 2.72 bits per heavy atom. The number of hydrogen-bond acceptors (Lipinski definition) is 5. The van der Waals surface area contributed by atoms with Crippen molar-refractivity contribution in [2.75, 3.05) is 5.32 Å². The van der Waals surface area contributed by atoms with Crippen molar-refractivity contribution in [1.82, 2.24) is 19.9 Å². The zero-order chi connectivity index (χ0) is 17.1. The second kappa shape index (κ2) is 6.94. The minimum absolute atomic E-state index is 0.589. The van der Waals surface area contributed by atoms with Gasteiger partial charge in [0.05, 0.1) is 17.8 Å². The van der Waals surface area contributed by atoms with Gasteiger partial charge in [-0.15, -0.1) is 0 Å². The second-order valence-electron chi connectivity index (χ2n) is 5.47. The Hall–Kier alpha value is -2.86. The molecule has 0 atom stereocenters. The van der Waals surface area contributed by atoms with Gasteiger partial charge < -0.3 is 5.32 Å². The molecule has 0 saturated heterocycles. The molecule has 3 heterocycles. The first kappa shape index (κ1) is 15.7. The highest BCUT2D eigenvalue weighted by Crippen LogP contribution is 2.27. The molecule has 0 fully saturated rings. The molecule has 0 spiro atoms. The van der Waals surface area contributed by atoms with Crippen molar-refractivity contribution in [1.29, 1.82) is 0 Å². The number of anilines is 1. The van der Waals surface area contributed by atoms with E-state index in [0.717, 1.165) is 32.5 Å². The van der Waals surface area contributed by atoms with Gasteiger partial charge in [-0.05, 0) is 42.5 Å². The molecule has 5 nitrogen and oxygen atoms in total. The molecule has 0 unspecified atom stereocenters. The fourth-order valence-electron chi connectivity index (χ4n) is 2.54. The lowest BCUT2D eigenvalue weighted by Gasteiger charge is -2.11. The zero-order valence-corrected chi connectivity index (χ0v) is 14.8. The monoisotopic (exact) mass is 391 g/mol. The third-order valence-corrected chi connectivity index (χ3v) is 4.23. The van der Waals surface area contributed by atoms with Crippen LogP contribution >= 0.6 is 15.9 Å². The lowest BCUT2D eigenvalue weighted by atomic mass is 10.2. The SMILES string of the molecule is Brc1ccc2nc(-c3cccnc3)nc(NCc3ccccn3)c2c1. The van der Waals surface area contributed by atoms with E-state index in [1.807, 2.05) is 48.5 Å².